The van der Waals surface area contributed by atoms with Crippen LogP contribution in [0.3, 0.4) is 0 Å². The molecule has 3 heterocycles. The summed E-state index contributed by atoms with van der Waals surface area (Å²) in [7, 11) is 0. The third-order valence-corrected chi connectivity index (χ3v) is 5.39. The fourth-order valence-corrected chi connectivity index (χ4v) is 3.96. The topological polar surface area (TPSA) is 81.5 Å². The summed E-state index contributed by atoms with van der Waals surface area (Å²) in [6.45, 7) is 2.30. The summed E-state index contributed by atoms with van der Waals surface area (Å²) < 4.78 is 3.64. The lowest BCUT2D eigenvalue weighted by Crippen LogP contribution is -2.25. The lowest BCUT2D eigenvalue weighted by molar-refractivity contribution is 0.786. The van der Waals surface area contributed by atoms with Gasteiger partial charge in [-0.15, -0.1) is 10.2 Å². The van der Waals surface area contributed by atoms with Crippen LogP contribution >= 0.6 is 0 Å². The molecule has 5 rings (SSSR count). The molecule has 7 nitrogen and oxygen atoms in total. The molecule has 146 valence electrons. The van der Waals surface area contributed by atoms with E-state index in [4.69, 9.17) is 5.73 Å². The Balaban J connectivity index is 1.68. The van der Waals surface area contributed by atoms with Crippen molar-refractivity contribution in [2.45, 2.75) is 19.4 Å². The number of fused-ring (bicyclic) bond motifs is 3. The van der Waals surface area contributed by atoms with Crippen molar-refractivity contribution in [2.24, 2.45) is 0 Å². The van der Waals surface area contributed by atoms with Crippen LogP contribution < -0.4 is 16.2 Å². The molecule has 1 aliphatic rings. The molecule has 0 bridgehead atoms. The highest BCUT2D eigenvalue weighted by molar-refractivity contribution is 5.84. The van der Waals surface area contributed by atoms with Gasteiger partial charge in [0.25, 0.3) is 5.56 Å². The van der Waals surface area contributed by atoms with E-state index in [-0.39, 0.29) is 5.56 Å². The Morgan fingerprint density at radius 2 is 1.83 bits per heavy atom. The van der Waals surface area contributed by atoms with Gasteiger partial charge in [-0.05, 0) is 36.6 Å². The zero-order chi connectivity index (χ0) is 19.8. The third kappa shape index (κ3) is 3.04. The first-order valence-electron chi connectivity index (χ1n) is 9.86. The molecule has 0 atom stereocenters. The highest BCUT2D eigenvalue weighted by Crippen LogP contribution is 2.24. The van der Waals surface area contributed by atoms with Crippen LogP contribution in [0.15, 0.2) is 59.4 Å². The maximum absolute atomic E-state index is 13.2. The number of allylic oxidation sites excluding steroid dienone is 1. The quantitative estimate of drug-likeness (QED) is 0.546. The van der Waals surface area contributed by atoms with Crippen molar-refractivity contribution in [3.05, 3.63) is 70.5 Å². The SMILES string of the molecule is Nc1ccc2c(c1)c(=O)n(C/C=C/c1ccccc1)c1nnc(N3CCCC3)n21. The molecule has 2 N–H and O–H groups in total. The molecular formula is C22H22N6O. The smallest absolute Gasteiger partial charge is 0.263 e. The van der Waals surface area contributed by atoms with Gasteiger partial charge in [0.2, 0.25) is 11.7 Å². The van der Waals surface area contributed by atoms with Crippen molar-refractivity contribution in [3.8, 4) is 0 Å². The second kappa shape index (κ2) is 7.09. The predicted molar refractivity (Wildman–Crippen MR) is 116 cm³/mol. The van der Waals surface area contributed by atoms with Gasteiger partial charge in [-0.1, -0.05) is 42.5 Å². The predicted octanol–water partition coefficient (Wildman–Crippen LogP) is 2.94. The first-order valence-corrected chi connectivity index (χ1v) is 9.86. The monoisotopic (exact) mass is 386 g/mol. The van der Waals surface area contributed by atoms with E-state index in [1.165, 1.54) is 0 Å². The standard InChI is InChI=1S/C22H22N6O/c23-17-10-11-19-18(15-17)20(29)27(14-6-9-16-7-2-1-3-8-16)22-25-24-21(28(19)22)26-12-4-5-13-26/h1-3,6-11,15H,4-5,12-14,23H2/b9-6+. The Morgan fingerprint density at radius 1 is 1.03 bits per heavy atom. The highest BCUT2D eigenvalue weighted by atomic mass is 16.1. The molecule has 4 aromatic rings. The van der Waals surface area contributed by atoms with Gasteiger partial charge < -0.3 is 10.6 Å². The Bertz CT molecular complexity index is 1270. The number of benzene rings is 2. The summed E-state index contributed by atoms with van der Waals surface area (Å²) in [4.78, 5) is 15.5. The molecule has 1 aliphatic heterocycles. The number of nitrogens with zero attached hydrogens (tertiary/aromatic N) is 5. The third-order valence-electron chi connectivity index (χ3n) is 5.39. The summed E-state index contributed by atoms with van der Waals surface area (Å²) in [6, 6.07) is 15.4. The minimum atomic E-state index is -0.113. The maximum atomic E-state index is 13.2. The highest BCUT2D eigenvalue weighted by Gasteiger charge is 2.22. The van der Waals surface area contributed by atoms with Crippen molar-refractivity contribution >= 4 is 34.4 Å². The van der Waals surface area contributed by atoms with Crippen LogP contribution in [-0.2, 0) is 6.54 Å². The minimum Gasteiger partial charge on any atom is -0.399 e. The van der Waals surface area contributed by atoms with Crippen molar-refractivity contribution in [1.82, 2.24) is 19.2 Å². The zero-order valence-corrected chi connectivity index (χ0v) is 16.0. The number of rotatable bonds is 4. The van der Waals surface area contributed by atoms with Crippen molar-refractivity contribution in [2.75, 3.05) is 23.7 Å². The summed E-state index contributed by atoms with van der Waals surface area (Å²) in [5, 5.41) is 9.41. The Hall–Kier alpha value is -3.61. The lowest BCUT2D eigenvalue weighted by Gasteiger charge is -2.16. The number of hydrogen-bond donors (Lipinski definition) is 1. The molecule has 2 aromatic heterocycles. The number of hydrogen-bond acceptors (Lipinski definition) is 5. The van der Waals surface area contributed by atoms with Crippen molar-refractivity contribution in [3.63, 3.8) is 0 Å². The number of anilines is 2. The van der Waals surface area contributed by atoms with Gasteiger partial charge in [-0.2, -0.15) is 0 Å². The molecule has 7 heteroatoms. The van der Waals surface area contributed by atoms with Crippen molar-refractivity contribution < 1.29 is 0 Å². The minimum absolute atomic E-state index is 0.113. The molecule has 0 unspecified atom stereocenters. The second-order valence-electron chi connectivity index (χ2n) is 7.33. The maximum Gasteiger partial charge on any atom is 0.263 e. The largest absolute Gasteiger partial charge is 0.399 e. The number of aromatic nitrogens is 4. The average molecular weight is 386 g/mol. The van der Waals surface area contributed by atoms with Gasteiger partial charge in [-0.3, -0.25) is 9.36 Å². The zero-order valence-electron chi connectivity index (χ0n) is 16.0. The number of nitrogens with two attached hydrogens (primary N) is 1. The molecule has 0 radical (unpaired) electrons. The van der Waals surface area contributed by atoms with Gasteiger partial charge in [0.1, 0.15) is 0 Å². The molecule has 0 amide bonds. The molecule has 0 aliphatic carbocycles. The van der Waals surface area contributed by atoms with Crippen LogP contribution in [0.4, 0.5) is 11.6 Å². The van der Waals surface area contributed by atoms with E-state index in [2.05, 4.69) is 15.1 Å². The van der Waals surface area contributed by atoms with Crippen LogP contribution in [0, 0.1) is 0 Å². The van der Waals surface area contributed by atoms with E-state index in [1.54, 1.807) is 10.6 Å². The van der Waals surface area contributed by atoms with Gasteiger partial charge in [0.15, 0.2) is 0 Å². The van der Waals surface area contributed by atoms with Crippen LogP contribution in [0.2, 0.25) is 0 Å². The Kier molecular flexibility index (Phi) is 4.27. The van der Waals surface area contributed by atoms with Crippen LogP contribution in [0.5, 0.6) is 0 Å². The summed E-state index contributed by atoms with van der Waals surface area (Å²) >= 11 is 0. The molecular weight excluding hydrogens is 364 g/mol. The van der Waals surface area contributed by atoms with Crippen LogP contribution in [0.25, 0.3) is 22.8 Å². The molecule has 0 spiro atoms. The summed E-state index contributed by atoms with van der Waals surface area (Å²) in [5.74, 6) is 1.33. The first kappa shape index (κ1) is 17.5. The van der Waals surface area contributed by atoms with E-state index in [0.29, 0.717) is 23.4 Å². The van der Waals surface area contributed by atoms with Gasteiger partial charge in [0.05, 0.1) is 10.9 Å². The van der Waals surface area contributed by atoms with Crippen LogP contribution in [0.1, 0.15) is 18.4 Å². The van der Waals surface area contributed by atoms with Gasteiger partial charge in [0, 0.05) is 25.3 Å². The second-order valence-corrected chi connectivity index (χ2v) is 7.33. The van der Waals surface area contributed by atoms with Crippen LogP contribution in [-0.4, -0.2) is 32.3 Å². The fraction of sp³-hybridized carbons (Fsp3) is 0.227. The molecule has 1 fully saturated rings. The van der Waals surface area contributed by atoms with Crippen molar-refractivity contribution in [1.29, 1.82) is 0 Å². The molecule has 1 saturated heterocycles. The lowest BCUT2D eigenvalue weighted by atomic mass is 10.2. The van der Waals surface area contributed by atoms with E-state index in [9.17, 15) is 4.79 Å². The van der Waals surface area contributed by atoms with E-state index < -0.39 is 0 Å². The van der Waals surface area contributed by atoms with E-state index in [1.807, 2.05) is 59.0 Å². The van der Waals surface area contributed by atoms with E-state index in [0.717, 1.165) is 43.0 Å². The first-order chi connectivity index (χ1) is 14.2. The van der Waals surface area contributed by atoms with Gasteiger partial charge >= 0.3 is 0 Å². The Morgan fingerprint density at radius 3 is 2.62 bits per heavy atom. The molecule has 2 aromatic carbocycles. The average Bonchev–Trinajstić information content (AvgIpc) is 3.41. The molecule has 0 saturated carbocycles. The Labute approximate surface area is 167 Å². The summed E-state index contributed by atoms with van der Waals surface area (Å²) in [5.41, 5.74) is 8.31. The normalized spacial score (nSPS) is 14.6. The summed E-state index contributed by atoms with van der Waals surface area (Å²) in [6.07, 6.45) is 6.25. The fourth-order valence-electron chi connectivity index (χ4n) is 3.96. The van der Waals surface area contributed by atoms with Gasteiger partial charge in [-0.25, -0.2) is 4.40 Å². The molecule has 29 heavy (non-hydrogen) atoms. The number of nitrogen functional groups attached to an aromatic ring is 1. The van der Waals surface area contributed by atoms with E-state index >= 15 is 0 Å².